The minimum atomic E-state index is -0.00899. The lowest BCUT2D eigenvalue weighted by atomic mass is 10.1. The number of amides is 2. The van der Waals surface area contributed by atoms with Crippen LogP contribution in [0.3, 0.4) is 0 Å². The minimum absolute atomic E-state index is 0.00899. The Balaban J connectivity index is 1.49. The molecule has 178 valence electrons. The Morgan fingerprint density at radius 3 is 2.12 bits per heavy atom. The molecular formula is C27H38N4O2. The van der Waals surface area contributed by atoms with Gasteiger partial charge in [0.05, 0.1) is 6.54 Å². The largest absolute Gasteiger partial charge is 0.336 e. The highest BCUT2D eigenvalue weighted by Crippen LogP contribution is 2.19. The summed E-state index contributed by atoms with van der Waals surface area (Å²) >= 11 is 0. The Morgan fingerprint density at radius 2 is 1.58 bits per heavy atom. The number of anilines is 1. The molecule has 1 fully saturated rings. The Labute approximate surface area is 198 Å². The first-order chi connectivity index (χ1) is 15.8. The van der Waals surface area contributed by atoms with Gasteiger partial charge in [0.15, 0.2) is 0 Å². The number of benzene rings is 2. The van der Waals surface area contributed by atoms with Crippen molar-refractivity contribution in [3.05, 3.63) is 64.7 Å². The van der Waals surface area contributed by atoms with Crippen LogP contribution >= 0.6 is 0 Å². The molecule has 3 rings (SSSR count). The normalized spacial score (nSPS) is 14.7. The molecule has 6 heteroatoms. The van der Waals surface area contributed by atoms with Gasteiger partial charge in [0.2, 0.25) is 5.91 Å². The molecule has 0 unspecified atom stereocenters. The van der Waals surface area contributed by atoms with Gasteiger partial charge in [-0.3, -0.25) is 19.4 Å². The van der Waals surface area contributed by atoms with Crippen LogP contribution in [0.2, 0.25) is 0 Å². The maximum atomic E-state index is 13.0. The fourth-order valence-electron chi connectivity index (χ4n) is 4.33. The van der Waals surface area contributed by atoms with E-state index in [4.69, 9.17) is 0 Å². The van der Waals surface area contributed by atoms with Crippen LogP contribution in [0.5, 0.6) is 0 Å². The third-order valence-electron chi connectivity index (χ3n) is 6.50. The average molecular weight is 451 g/mol. The second-order valence-corrected chi connectivity index (χ2v) is 9.24. The highest BCUT2D eigenvalue weighted by atomic mass is 16.2. The average Bonchev–Trinajstić information content (AvgIpc) is 2.80. The quantitative estimate of drug-likeness (QED) is 0.662. The van der Waals surface area contributed by atoms with Gasteiger partial charge in [-0.2, -0.15) is 0 Å². The van der Waals surface area contributed by atoms with Crippen LogP contribution < -0.4 is 5.32 Å². The summed E-state index contributed by atoms with van der Waals surface area (Å²) in [7, 11) is 0. The Bertz CT molecular complexity index is 927. The molecule has 1 aliphatic heterocycles. The number of aryl methyl sites for hydroxylation is 2. The van der Waals surface area contributed by atoms with E-state index >= 15 is 0 Å². The third kappa shape index (κ3) is 6.65. The lowest BCUT2D eigenvalue weighted by Crippen LogP contribution is -2.50. The number of piperazine rings is 1. The molecule has 2 aromatic carbocycles. The number of nitrogens with zero attached hydrogens (tertiary/aromatic N) is 3. The third-order valence-corrected chi connectivity index (χ3v) is 6.50. The Hall–Kier alpha value is -2.70. The van der Waals surface area contributed by atoms with Crippen LogP contribution in [0.25, 0.3) is 0 Å². The van der Waals surface area contributed by atoms with Crippen molar-refractivity contribution in [2.75, 3.05) is 44.6 Å². The van der Waals surface area contributed by atoms with Crippen LogP contribution in [0.15, 0.2) is 42.5 Å². The highest BCUT2D eigenvalue weighted by Gasteiger charge is 2.23. The van der Waals surface area contributed by atoms with Crippen LogP contribution in [0, 0.1) is 13.8 Å². The van der Waals surface area contributed by atoms with E-state index in [-0.39, 0.29) is 11.8 Å². The van der Waals surface area contributed by atoms with E-state index in [1.165, 1.54) is 5.56 Å². The number of carbonyl (C=O) groups is 2. The van der Waals surface area contributed by atoms with Gasteiger partial charge in [-0.15, -0.1) is 0 Å². The van der Waals surface area contributed by atoms with Crippen molar-refractivity contribution in [1.29, 1.82) is 0 Å². The van der Waals surface area contributed by atoms with E-state index < -0.39 is 0 Å². The zero-order valence-corrected chi connectivity index (χ0v) is 20.7. The van der Waals surface area contributed by atoms with Gasteiger partial charge < -0.3 is 10.2 Å². The summed E-state index contributed by atoms with van der Waals surface area (Å²) < 4.78 is 0. The molecule has 6 nitrogen and oxygen atoms in total. The monoisotopic (exact) mass is 450 g/mol. The van der Waals surface area contributed by atoms with Crippen LogP contribution in [-0.2, 0) is 11.3 Å². The fourth-order valence-corrected chi connectivity index (χ4v) is 4.33. The number of hydrogen-bond acceptors (Lipinski definition) is 4. The van der Waals surface area contributed by atoms with E-state index in [2.05, 4.69) is 48.0 Å². The summed E-state index contributed by atoms with van der Waals surface area (Å²) in [5, 5.41) is 3.05. The van der Waals surface area contributed by atoms with Crippen molar-refractivity contribution >= 4 is 17.5 Å². The summed E-state index contributed by atoms with van der Waals surface area (Å²) in [5.74, 6) is 0.0580. The number of para-hydroxylation sites is 1. The molecule has 0 spiro atoms. The van der Waals surface area contributed by atoms with Crippen LogP contribution in [-0.4, -0.2) is 71.8 Å². The van der Waals surface area contributed by atoms with E-state index in [9.17, 15) is 9.59 Å². The van der Waals surface area contributed by atoms with Gasteiger partial charge >= 0.3 is 0 Å². The van der Waals surface area contributed by atoms with E-state index in [1.54, 1.807) is 0 Å². The second-order valence-electron chi connectivity index (χ2n) is 9.24. The van der Waals surface area contributed by atoms with Crippen molar-refractivity contribution in [3.8, 4) is 0 Å². The van der Waals surface area contributed by atoms with Crippen LogP contribution in [0.1, 0.15) is 47.8 Å². The molecule has 1 aliphatic rings. The topological polar surface area (TPSA) is 55.9 Å². The molecule has 0 atom stereocenters. The van der Waals surface area contributed by atoms with Gasteiger partial charge in [-0.05, 0) is 63.1 Å². The molecule has 2 amide bonds. The standard InChI is InChI=1S/C27H38N4O2/c1-6-30(20(2)3)18-23-10-12-24(13-11-23)27(33)31-16-14-29(15-17-31)19-25(32)28-26-21(4)8-7-9-22(26)5/h7-13,20H,6,14-19H2,1-5H3,(H,28,32). The maximum absolute atomic E-state index is 13.0. The molecule has 1 heterocycles. The van der Waals surface area contributed by atoms with Gasteiger partial charge in [0, 0.05) is 50.0 Å². The highest BCUT2D eigenvalue weighted by molar-refractivity contribution is 5.95. The van der Waals surface area contributed by atoms with Gasteiger partial charge in [0.1, 0.15) is 0 Å². The zero-order chi connectivity index (χ0) is 24.0. The smallest absolute Gasteiger partial charge is 0.253 e. The summed E-state index contributed by atoms with van der Waals surface area (Å²) in [6, 6.07) is 14.5. The van der Waals surface area contributed by atoms with Crippen molar-refractivity contribution < 1.29 is 9.59 Å². The molecule has 33 heavy (non-hydrogen) atoms. The number of hydrogen-bond donors (Lipinski definition) is 1. The second kappa shape index (κ2) is 11.4. The maximum Gasteiger partial charge on any atom is 0.253 e. The first kappa shape index (κ1) is 24.9. The molecule has 2 aromatic rings. The molecule has 0 saturated carbocycles. The van der Waals surface area contributed by atoms with Crippen molar-refractivity contribution in [2.24, 2.45) is 0 Å². The van der Waals surface area contributed by atoms with Crippen molar-refractivity contribution in [1.82, 2.24) is 14.7 Å². The Morgan fingerprint density at radius 1 is 0.970 bits per heavy atom. The van der Waals surface area contributed by atoms with Crippen LogP contribution in [0.4, 0.5) is 5.69 Å². The predicted octanol–water partition coefficient (Wildman–Crippen LogP) is 3.93. The number of carbonyl (C=O) groups excluding carboxylic acids is 2. The summed E-state index contributed by atoms with van der Waals surface area (Å²) in [5.41, 5.74) is 4.98. The summed E-state index contributed by atoms with van der Waals surface area (Å²) in [6.07, 6.45) is 0. The zero-order valence-electron chi connectivity index (χ0n) is 20.7. The summed E-state index contributed by atoms with van der Waals surface area (Å²) in [4.78, 5) is 31.9. The molecule has 0 aliphatic carbocycles. The predicted molar refractivity (Wildman–Crippen MR) is 135 cm³/mol. The van der Waals surface area contributed by atoms with Gasteiger partial charge in [0.25, 0.3) is 5.91 Å². The van der Waals surface area contributed by atoms with E-state index in [0.717, 1.165) is 35.5 Å². The SMILES string of the molecule is CCN(Cc1ccc(C(=O)N2CCN(CC(=O)Nc3c(C)cccc3C)CC2)cc1)C(C)C. The van der Waals surface area contributed by atoms with E-state index in [0.29, 0.717) is 38.8 Å². The van der Waals surface area contributed by atoms with Crippen molar-refractivity contribution in [3.63, 3.8) is 0 Å². The van der Waals surface area contributed by atoms with E-state index in [1.807, 2.05) is 49.1 Å². The molecule has 1 N–H and O–H groups in total. The first-order valence-corrected chi connectivity index (χ1v) is 12.0. The number of nitrogens with one attached hydrogen (secondary N) is 1. The fraction of sp³-hybridized carbons (Fsp3) is 0.481. The lowest BCUT2D eigenvalue weighted by molar-refractivity contribution is -0.117. The first-order valence-electron chi connectivity index (χ1n) is 12.0. The molecule has 0 aromatic heterocycles. The molecule has 1 saturated heterocycles. The molecule has 0 bridgehead atoms. The van der Waals surface area contributed by atoms with Gasteiger partial charge in [-0.25, -0.2) is 0 Å². The van der Waals surface area contributed by atoms with Gasteiger partial charge in [-0.1, -0.05) is 37.3 Å². The molecular weight excluding hydrogens is 412 g/mol. The lowest BCUT2D eigenvalue weighted by Gasteiger charge is -2.34. The minimum Gasteiger partial charge on any atom is -0.336 e. The molecule has 0 radical (unpaired) electrons. The van der Waals surface area contributed by atoms with Crippen molar-refractivity contribution in [2.45, 2.75) is 47.2 Å². The number of rotatable bonds is 8. The summed E-state index contributed by atoms with van der Waals surface area (Å²) in [6.45, 7) is 15.5. The Kier molecular flexibility index (Phi) is 8.64.